The Morgan fingerprint density at radius 1 is 1.50 bits per heavy atom. The van der Waals surface area contributed by atoms with Crippen LogP contribution in [0.5, 0.6) is 11.5 Å². The van der Waals surface area contributed by atoms with Crippen molar-refractivity contribution in [1.82, 2.24) is 5.32 Å². The predicted molar refractivity (Wildman–Crippen MR) is 61.4 cm³/mol. The lowest BCUT2D eigenvalue weighted by molar-refractivity contribution is -0.123. The molecule has 0 bridgehead atoms. The van der Waals surface area contributed by atoms with Gasteiger partial charge in [0.25, 0.3) is 5.91 Å². The van der Waals surface area contributed by atoms with Gasteiger partial charge in [-0.1, -0.05) is 18.2 Å². The fourth-order valence-corrected chi connectivity index (χ4v) is 1.09. The molecular weight excluding hydrogens is 206 g/mol. The van der Waals surface area contributed by atoms with Crippen LogP contribution in [-0.4, -0.2) is 24.2 Å². The Labute approximate surface area is 94.6 Å². The molecule has 0 saturated carbocycles. The Bertz CT molecular complexity index is 363. The number of phenolic OH excluding ortho intramolecular Hbond substituents is 1. The highest BCUT2D eigenvalue weighted by atomic mass is 16.5. The number of benzene rings is 1. The number of para-hydroxylation sites is 2. The summed E-state index contributed by atoms with van der Waals surface area (Å²) in [6, 6.07) is 6.52. The highest BCUT2D eigenvalue weighted by Crippen LogP contribution is 2.23. The molecule has 1 aromatic rings. The summed E-state index contributed by atoms with van der Waals surface area (Å²) in [4.78, 5) is 11.3. The molecule has 0 atom stereocenters. The summed E-state index contributed by atoms with van der Waals surface area (Å²) >= 11 is 0. The second-order valence-electron chi connectivity index (χ2n) is 3.18. The van der Waals surface area contributed by atoms with Crippen molar-refractivity contribution in [2.45, 2.75) is 6.42 Å². The molecule has 0 aromatic heterocycles. The van der Waals surface area contributed by atoms with Crippen molar-refractivity contribution in [1.29, 1.82) is 0 Å². The third kappa shape index (κ3) is 4.04. The number of ether oxygens (including phenoxy) is 1. The smallest absolute Gasteiger partial charge is 0.257 e. The second-order valence-corrected chi connectivity index (χ2v) is 3.18. The quantitative estimate of drug-likeness (QED) is 0.565. The summed E-state index contributed by atoms with van der Waals surface area (Å²) in [5.41, 5.74) is 0. The molecule has 16 heavy (non-hydrogen) atoms. The lowest BCUT2D eigenvalue weighted by atomic mass is 10.3. The normalized spacial score (nSPS) is 9.50. The highest BCUT2D eigenvalue weighted by Gasteiger charge is 2.04. The number of hydrogen-bond acceptors (Lipinski definition) is 3. The van der Waals surface area contributed by atoms with Crippen LogP contribution in [0.3, 0.4) is 0 Å². The van der Waals surface area contributed by atoms with Gasteiger partial charge in [-0.3, -0.25) is 4.79 Å². The van der Waals surface area contributed by atoms with Crippen LogP contribution < -0.4 is 10.1 Å². The molecule has 0 aliphatic rings. The molecule has 0 aliphatic heterocycles. The molecule has 0 saturated heterocycles. The minimum Gasteiger partial charge on any atom is -0.504 e. The first-order valence-electron chi connectivity index (χ1n) is 5.02. The van der Waals surface area contributed by atoms with E-state index in [-0.39, 0.29) is 18.3 Å². The van der Waals surface area contributed by atoms with E-state index >= 15 is 0 Å². The lowest BCUT2D eigenvalue weighted by Crippen LogP contribution is -2.29. The van der Waals surface area contributed by atoms with Crippen LogP contribution in [0.4, 0.5) is 0 Å². The highest BCUT2D eigenvalue weighted by molar-refractivity contribution is 5.77. The Kier molecular flexibility index (Phi) is 4.92. The maximum atomic E-state index is 11.3. The zero-order valence-electron chi connectivity index (χ0n) is 8.98. The second kappa shape index (κ2) is 6.50. The number of phenols is 1. The zero-order chi connectivity index (χ0) is 11.8. The van der Waals surface area contributed by atoms with Crippen molar-refractivity contribution in [3.63, 3.8) is 0 Å². The molecule has 1 amide bonds. The van der Waals surface area contributed by atoms with Gasteiger partial charge in [0.05, 0.1) is 0 Å². The number of carbonyl (C=O) groups excluding carboxylic acids is 1. The minimum absolute atomic E-state index is 0.0291. The molecule has 86 valence electrons. The van der Waals surface area contributed by atoms with Crippen molar-refractivity contribution < 1.29 is 14.6 Å². The van der Waals surface area contributed by atoms with Gasteiger partial charge in [-0.25, -0.2) is 0 Å². The van der Waals surface area contributed by atoms with E-state index in [0.717, 1.165) is 6.42 Å². The molecule has 1 aromatic carbocycles. The molecule has 0 fully saturated rings. The molecule has 4 heteroatoms. The van der Waals surface area contributed by atoms with Gasteiger partial charge in [0, 0.05) is 6.54 Å². The van der Waals surface area contributed by atoms with Crippen LogP contribution in [-0.2, 0) is 4.79 Å². The van der Waals surface area contributed by atoms with E-state index in [4.69, 9.17) is 4.74 Å². The molecule has 0 radical (unpaired) electrons. The van der Waals surface area contributed by atoms with E-state index < -0.39 is 0 Å². The van der Waals surface area contributed by atoms with Crippen LogP contribution in [0.25, 0.3) is 0 Å². The van der Waals surface area contributed by atoms with Crippen molar-refractivity contribution in [3.05, 3.63) is 36.9 Å². The van der Waals surface area contributed by atoms with Gasteiger partial charge < -0.3 is 15.2 Å². The zero-order valence-corrected chi connectivity index (χ0v) is 8.98. The molecule has 0 aliphatic carbocycles. The van der Waals surface area contributed by atoms with Crippen LogP contribution in [0.1, 0.15) is 6.42 Å². The van der Waals surface area contributed by atoms with E-state index in [9.17, 15) is 9.90 Å². The summed E-state index contributed by atoms with van der Waals surface area (Å²) in [6.07, 6.45) is 2.45. The standard InChI is InChI=1S/C12H15NO3/c1-2-3-8-13-12(15)9-16-11-7-5-4-6-10(11)14/h2,4-7,14H,1,3,8-9H2,(H,13,15). The van der Waals surface area contributed by atoms with E-state index in [1.165, 1.54) is 6.07 Å². The van der Waals surface area contributed by atoms with Crippen molar-refractivity contribution in [2.75, 3.05) is 13.2 Å². The third-order valence-corrected chi connectivity index (χ3v) is 1.89. The first-order chi connectivity index (χ1) is 7.74. The average Bonchev–Trinajstić information content (AvgIpc) is 2.28. The van der Waals surface area contributed by atoms with Gasteiger partial charge in [0.1, 0.15) is 0 Å². The van der Waals surface area contributed by atoms with Gasteiger partial charge >= 0.3 is 0 Å². The molecular formula is C12H15NO3. The number of nitrogens with one attached hydrogen (secondary N) is 1. The summed E-state index contributed by atoms with van der Waals surface area (Å²) in [5, 5.41) is 12.0. The number of rotatable bonds is 6. The van der Waals surface area contributed by atoms with E-state index in [0.29, 0.717) is 12.3 Å². The first kappa shape index (κ1) is 12.1. The Hall–Kier alpha value is -1.97. The molecule has 4 nitrogen and oxygen atoms in total. The van der Waals surface area contributed by atoms with Gasteiger partial charge in [0.2, 0.25) is 0 Å². The minimum atomic E-state index is -0.217. The predicted octanol–water partition coefficient (Wildman–Crippen LogP) is 1.46. The number of carbonyl (C=O) groups is 1. The summed E-state index contributed by atoms with van der Waals surface area (Å²) < 4.78 is 5.14. The van der Waals surface area contributed by atoms with Crippen molar-refractivity contribution >= 4 is 5.91 Å². The number of aromatic hydroxyl groups is 1. The molecule has 1 rings (SSSR count). The van der Waals surface area contributed by atoms with E-state index in [1.54, 1.807) is 24.3 Å². The van der Waals surface area contributed by atoms with E-state index in [1.807, 2.05) is 0 Å². The Morgan fingerprint density at radius 2 is 2.25 bits per heavy atom. The van der Waals surface area contributed by atoms with Crippen LogP contribution in [0.15, 0.2) is 36.9 Å². The first-order valence-corrected chi connectivity index (χ1v) is 5.02. The average molecular weight is 221 g/mol. The Balaban J connectivity index is 2.31. The van der Waals surface area contributed by atoms with Gasteiger partial charge in [-0.05, 0) is 18.6 Å². The van der Waals surface area contributed by atoms with E-state index in [2.05, 4.69) is 11.9 Å². The molecule has 0 spiro atoms. The van der Waals surface area contributed by atoms with Crippen molar-refractivity contribution in [2.24, 2.45) is 0 Å². The fraction of sp³-hybridized carbons (Fsp3) is 0.250. The van der Waals surface area contributed by atoms with Gasteiger partial charge in [-0.15, -0.1) is 6.58 Å². The van der Waals surface area contributed by atoms with Crippen LogP contribution in [0.2, 0.25) is 0 Å². The molecule has 2 N–H and O–H groups in total. The number of hydrogen-bond donors (Lipinski definition) is 2. The summed E-state index contributed by atoms with van der Waals surface area (Å²) in [5.74, 6) is 0.118. The maximum Gasteiger partial charge on any atom is 0.257 e. The maximum absolute atomic E-state index is 11.3. The molecule has 0 heterocycles. The Morgan fingerprint density at radius 3 is 2.94 bits per heavy atom. The van der Waals surface area contributed by atoms with Crippen LogP contribution in [0, 0.1) is 0 Å². The number of amides is 1. The summed E-state index contributed by atoms with van der Waals surface area (Å²) in [7, 11) is 0. The monoisotopic (exact) mass is 221 g/mol. The SMILES string of the molecule is C=CCCNC(=O)COc1ccccc1O. The van der Waals surface area contributed by atoms with Gasteiger partial charge in [0.15, 0.2) is 18.1 Å². The molecule has 0 unspecified atom stereocenters. The lowest BCUT2D eigenvalue weighted by Gasteiger charge is -2.07. The topological polar surface area (TPSA) is 58.6 Å². The fourth-order valence-electron chi connectivity index (χ4n) is 1.09. The third-order valence-electron chi connectivity index (χ3n) is 1.89. The van der Waals surface area contributed by atoms with Gasteiger partial charge in [-0.2, -0.15) is 0 Å². The summed E-state index contributed by atoms with van der Waals surface area (Å²) in [6.45, 7) is 3.99. The largest absolute Gasteiger partial charge is 0.504 e. The van der Waals surface area contributed by atoms with Crippen LogP contribution >= 0.6 is 0 Å². The van der Waals surface area contributed by atoms with Crippen molar-refractivity contribution in [3.8, 4) is 11.5 Å².